The highest BCUT2D eigenvalue weighted by Crippen LogP contribution is 2.15. The van der Waals surface area contributed by atoms with Gasteiger partial charge in [0.1, 0.15) is 16.9 Å². The summed E-state index contributed by atoms with van der Waals surface area (Å²) in [5.74, 6) is 3.93. The summed E-state index contributed by atoms with van der Waals surface area (Å²) in [5.41, 5.74) is -1.94. The molecular weight excluding hydrogens is 887 g/mol. The maximum Gasteiger partial charge on any atom is 0.221 e. The minimum atomic E-state index is -1.42. The first-order chi connectivity index (χ1) is 30.9. The lowest BCUT2D eigenvalue weighted by Crippen LogP contribution is -2.57. The third kappa shape index (κ3) is 24.3. The smallest absolute Gasteiger partial charge is 0.221 e. The third-order valence-corrected chi connectivity index (χ3v) is 13.6. The van der Waals surface area contributed by atoms with Crippen molar-refractivity contribution in [2.45, 2.75) is 141 Å². The van der Waals surface area contributed by atoms with Gasteiger partial charge in [0.15, 0.2) is 0 Å². The topological polar surface area (TPSA) is 268 Å². The number of carbonyl (C=O) groups excluding carboxylic acids is 3. The van der Waals surface area contributed by atoms with Gasteiger partial charge in [-0.05, 0) is 49.9 Å². The third-order valence-electron chi connectivity index (χ3n) is 10.4. The number of hydrogen-bond acceptors (Lipinski definition) is 17. The largest absolute Gasteiger partial charge is 0.394 e. The zero-order valence-electron chi connectivity index (χ0n) is 38.3. The summed E-state index contributed by atoms with van der Waals surface area (Å²) in [5, 5.41) is 72.6. The fourth-order valence-corrected chi connectivity index (χ4v) is 8.85. The normalized spacial score (nSPS) is 12.9. The average molecular weight is 964 g/mol. The predicted octanol–water partition coefficient (Wildman–Crippen LogP) is 2.07. The lowest BCUT2D eigenvalue weighted by molar-refractivity contribution is -0.125. The van der Waals surface area contributed by atoms with Crippen LogP contribution in [0, 0.1) is 0 Å². The molecule has 2 heterocycles. The van der Waals surface area contributed by atoms with Gasteiger partial charge in [-0.25, -0.2) is 0 Å². The second-order valence-electron chi connectivity index (χ2n) is 16.4. The van der Waals surface area contributed by atoms with Crippen molar-refractivity contribution >= 4 is 53.0 Å². The summed E-state index contributed by atoms with van der Waals surface area (Å²) in [6.45, 7) is 5.62. The van der Waals surface area contributed by atoms with E-state index in [-0.39, 0.29) is 63.8 Å². The molecule has 0 spiro atoms. The molecule has 2 rings (SSSR count). The first-order valence-electron chi connectivity index (χ1n) is 22.6. The van der Waals surface area contributed by atoms with Crippen molar-refractivity contribution in [2.24, 2.45) is 0 Å². The van der Waals surface area contributed by atoms with E-state index in [4.69, 9.17) is 9.47 Å². The van der Waals surface area contributed by atoms with E-state index in [2.05, 4.69) is 43.5 Å². The molecule has 1 unspecified atom stereocenters. The second-order valence-corrected chi connectivity index (χ2v) is 20.1. The Balaban J connectivity index is 1.80. The van der Waals surface area contributed by atoms with Gasteiger partial charge in [-0.1, -0.05) is 56.4 Å². The van der Waals surface area contributed by atoms with Crippen molar-refractivity contribution in [3.63, 3.8) is 0 Å². The number of aliphatic hydroxyl groups is 5. The molecule has 0 aliphatic carbocycles. The molecule has 3 amide bonds. The number of unbranched alkanes of at least 4 members (excludes halogenated alkanes) is 5. The van der Waals surface area contributed by atoms with E-state index < -0.39 is 36.4 Å². The van der Waals surface area contributed by atoms with Gasteiger partial charge < -0.3 is 51.0 Å². The van der Waals surface area contributed by atoms with Crippen LogP contribution in [0.4, 0.5) is 0 Å². The minimum Gasteiger partial charge on any atom is -0.394 e. The molecule has 19 nitrogen and oxygen atoms in total. The second kappa shape index (κ2) is 33.9. The standard InChI is InChI=1S/C42H77N9O10S3/c1-4-6-7-8-9-10-18-62-21-13-37(57)43-40(3,33-60-26-35-24-50(48-46-35)16-11-19-63-22-14-38(58)44-41(5-2,28-52)29-53)34-61-27-36-25-51(49-47-36)17-12-20-64-23-15-39(59)45-42(30-54,31-55)32-56/h24-25,52-56H,4-23,26-34H2,1-3H3,(H,43,57)(H,44,58)(H,45,59). The van der Waals surface area contributed by atoms with Gasteiger partial charge in [0.05, 0.1) is 82.9 Å². The molecule has 0 saturated carbocycles. The number of aromatic nitrogens is 6. The molecule has 2 aromatic heterocycles. The number of rotatable bonds is 41. The Hall–Kier alpha value is -2.54. The number of carbonyl (C=O) groups is 3. The molecule has 64 heavy (non-hydrogen) atoms. The Labute approximate surface area is 392 Å². The van der Waals surface area contributed by atoms with Gasteiger partial charge in [0.2, 0.25) is 17.7 Å². The molecule has 368 valence electrons. The molecule has 8 N–H and O–H groups in total. The summed E-state index contributed by atoms with van der Waals surface area (Å²) in [6, 6.07) is 0. The molecule has 0 aliphatic heterocycles. The van der Waals surface area contributed by atoms with E-state index in [1.165, 1.54) is 32.1 Å². The Kier molecular flexibility index (Phi) is 30.5. The molecule has 1 atom stereocenters. The summed E-state index contributed by atoms with van der Waals surface area (Å²) >= 11 is 5.04. The van der Waals surface area contributed by atoms with Crippen LogP contribution in [0.3, 0.4) is 0 Å². The first kappa shape index (κ1) is 57.6. The molecule has 0 bridgehead atoms. The van der Waals surface area contributed by atoms with Gasteiger partial charge in [0, 0.05) is 49.6 Å². The van der Waals surface area contributed by atoms with Crippen molar-refractivity contribution in [3.05, 3.63) is 23.8 Å². The predicted molar refractivity (Wildman–Crippen MR) is 252 cm³/mol. The fourth-order valence-electron chi connectivity index (χ4n) is 6.17. The summed E-state index contributed by atoms with van der Waals surface area (Å²) < 4.78 is 15.7. The number of aliphatic hydroxyl groups excluding tert-OH is 5. The molecular formula is C42H77N9O10S3. The maximum atomic E-state index is 13.1. The van der Waals surface area contributed by atoms with Crippen LogP contribution in [0.2, 0.25) is 0 Å². The Morgan fingerprint density at radius 2 is 0.984 bits per heavy atom. The number of aryl methyl sites for hydroxylation is 2. The van der Waals surface area contributed by atoms with Crippen LogP contribution in [0.1, 0.15) is 109 Å². The van der Waals surface area contributed by atoms with Crippen LogP contribution in [-0.4, -0.2) is 171 Å². The fraction of sp³-hybridized carbons (Fsp3) is 0.833. The van der Waals surface area contributed by atoms with Crippen molar-refractivity contribution in [2.75, 3.05) is 80.8 Å². The number of nitrogens with zero attached hydrogens (tertiary/aromatic N) is 6. The first-order valence-corrected chi connectivity index (χ1v) is 26.0. The van der Waals surface area contributed by atoms with Gasteiger partial charge in [0.25, 0.3) is 0 Å². The molecule has 2 aromatic rings. The number of hydrogen-bond donors (Lipinski definition) is 8. The van der Waals surface area contributed by atoms with E-state index in [0.717, 1.165) is 42.3 Å². The molecule has 0 aromatic carbocycles. The quantitative estimate of drug-likeness (QED) is 0.0444. The monoisotopic (exact) mass is 963 g/mol. The number of ether oxygens (including phenoxy) is 2. The molecule has 0 aliphatic rings. The summed E-state index contributed by atoms with van der Waals surface area (Å²) in [4.78, 5) is 37.6. The highest BCUT2D eigenvalue weighted by molar-refractivity contribution is 7.99. The van der Waals surface area contributed by atoms with E-state index in [1.54, 1.807) is 44.6 Å². The van der Waals surface area contributed by atoms with Crippen molar-refractivity contribution in [1.29, 1.82) is 0 Å². The van der Waals surface area contributed by atoms with Crippen molar-refractivity contribution in [3.8, 4) is 0 Å². The molecule has 0 fully saturated rings. The van der Waals surface area contributed by atoms with Crippen LogP contribution in [-0.2, 0) is 50.2 Å². The summed E-state index contributed by atoms with van der Waals surface area (Å²) in [7, 11) is 0. The highest BCUT2D eigenvalue weighted by Gasteiger charge is 2.31. The number of nitrogens with one attached hydrogen (secondary N) is 3. The Bertz CT molecular complexity index is 1440. The molecule has 0 saturated heterocycles. The Morgan fingerprint density at radius 1 is 0.578 bits per heavy atom. The number of thioether (sulfide) groups is 3. The van der Waals surface area contributed by atoms with Crippen LogP contribution in [0.5, 0.6) is 0 Å². The number of amides is 3. The van der Waals surface area contributed by atoms with E-state index >= 15 is 0 Å². The minimum absolute atomic E-state index is 0.0722. The van der Waals surface area contributed by atoms with Gasteiger partial charge in [-0.2, -0.15) is 35.3 Å². The molecule has 0 radical (unpaired) electrons. The average Bonchev–Trinajstić information content (AvgIpc) is 3.95. The maximum absolute atomic E-state index is 13.1. The van der Waals surface area contributed by atoms with Gasteiger partial charge >= 0.3 is 0 Å². The lowest BCUT2D eigenvalue weighted by Gasteiger charge is -2.30. The van der Waals surface area contributed by atoms with Crippen molar-refractivity contribution < 1.29 is 49.4 Å². The van der Waals surface area contributed by atoms with E-state index in [9.17, 15) is 39.9 Å². The van der Waals surface area contributed by atoms with Crippen LogP contribution >= 0.6 is 35.3 Å². The highest BCUT2D eigenvalue weighted by atomic mass is 32.2. The lowest BCUT2D eigenvalue weighted by atomic mass is 9.98. The van der Waals surface area contributed by atoms with E-state index in [0.29, 0.717) is 55.2 Å². The summed E-state index contributed by atoms with van der Waals surface area (Å²) in [6.07, 6.45) is 14.0. The zero-order chi connectivity index (χ0) is 46.9. The van der Waals surface area contributed by atoms with Gasteiger partial charge in [-0.15, -0.1) is 10.2 Å². The van der Waals surface area contributed by atoms with E-state index in [1.807, 2.05) is 26.2 Å². The molecule has 22 heteroatoms. The van der Waals surface area contributed by atoms with Gasteiger partial charge in [-0.3, -0.25) is 23.7 Å². The van der Waals surface area contributed by atoms with Crippen LogP contribution in [0.15, 0.2) is 12.4 Å². The Morgan fingerprint density at radius 3 is 1.42 bits per heavy atom. The van der Waals surface area contributed by atoms with Crippen LogP contribution < -0.4 is 16.0 Å². The SMILES string of the molecule is CCCCCCCCSCCC(=O)NC(C)(COCc1cn(CCCSCCC(=O)NC(CC)(CO)CO)nn1)COCc1cn(CCCSCCC(=O)NC(CO)(CO)CO)nn1. The zero-order valence-corrected chi connectivity index (χ0v) is 40.8. The van der Waals surface area contributed by atoms with Crippen LogP contribution in [0.25, 0.3) is 0 Å². The van der Waals surface area contributed by atoms with Crippen molar-refractivity contribution in [1.82, 2.24) is 45.9 Å².